The first-order valence-electron chi connectivity index (χ1n) is 8.09. The zero-order chi connectivity index (χ0) is 19.1. The first kappa shape index (κ1) is 19.5. The highest BCUT2D eigenvalue weighted by Crippen LogP contribution is 2.30. The van der Waals surface area contributed by atoms with E-state index in [1.54, 1.807) is 25.1 Å². The molecule has 2 N–H and O–H groups in total. The monoisotopic (exact) mass is 372 g/mol. The third-order valence-corrected chi connectivity index (χ3v) is 4.12. The molecule has 6 heteroatoms. The molecule has 0 aliphatic rings. The second-order valence-electron chi connectivity index (χ2n) is 5.77. The number of nitrogens with one attached hydrogen (secondary N) is 2. The largest absolute Gasteiger partial charge is 0.495 e. The van der Waals surface area contributed by atoms with E-state index in [1.807, 2.05) is 37.3 Å². The van der Waals surface area contributed by atoms with Gasteiger partial charge in [-0.05, 0) is 37.1 Å². The summed E-state index contributed by atoms with van der Waals surface area (Å²) in [4.78, 5) is 24.3. The van der Waals surface area contributed by atoms with E-state index in [0.717, 1.165) is 11.1 Å². The highest BCUT2D eigenvalue weighted by Gasteiger charge is 2.17. The predicted octanol–water partition coefficient (Wildman–Crippen LogP) is 3.81. The van der Waals surface area contributed by atoms with Crippen LogP contribution in [0.2, 0.25) is 5.02 Å². The first-order valence-corrected chi connectivity index (χ1v) is 8.47. The van der Waals surface area contributed by atoms with Crippen molar-refractivity contribution in [3.8, 4) is 5.75 Å². The van der Waals surface area contributed by atoms with Crippen LogP contribution in [0.5, 0.6) is 5.75 Å². The SMILES string of the molecule is COc1cc(Cl)c(C)cc1NC(=O)C(C)NC(=O)/C=C/c1ccccc1. The van der Waals surface area contributed by atoms with Crippen LogP contribution in [0.25, 0.3) is 6.08 Å². The molecule has 26 heavy (non-hydrogen) atoms. The van der Waals surface area contributed by atoms with Gasteiger partial charge in [0.05, 0.1) is 12.8 Å². The number of benzene rings is 2. The average molecular weight is 373 g/mol. The van der Waals surface area contributed by atoms with Crippen LogP contribution in [-0.4, -0.2) is 25.0 Å². The lowest BCUT2D eigenvalue weighted by atomic mass is 10.2. The lowest BCUT2D eigenvalue weighted by Crippen LogP contribution is -2.40. The maximum atomic E-state index is 12.3. The maximum absolute atomic E-state index is 12.3. The van der Waals surface area contributed by atoms with Gasteiger partial charge in [0.25, 0.3) is 0 Å². The van der Waals surface area contributed by atoms with E-state index in [0.29, 0.717) is 16.5 Å². The van der Waals surface area contributed by atoms with Gasteiger partial charge < -0.3 is 15.4 Å². The number of carbonyl (C=O) groups excluding carboxylic acids is 2. The van der Waals surface area contributed by atoms with Gasteiger partial charge in [0.2, 0.25) is 11.8 Å². The van der Waals surface area contributed by atoms with Gasteiger partial charge in [0.1, 0.15) is 11.8 Å². The van der Waals surface area contributed by atoms with E-state index in [9.17, 15) is 9.59 Å². The number of ether oxygens (including phenoxy) is 1. The number of hydrogen-bond donors (Lipinski definition) is 2. The number of hydrogen-bond acceptors (Lipinski definition) is 3. The van der Waals surface area contributed by atoms with Crippen molar-refractivity contribution >= 4 is 35.2 Å². The van der Waals surface area contributed by atoms with Crippen LogP contribution < -0.4 is 15.4 Å². The molecule has 2 rings (SSSR count). The van der Waals surface area contributed by atoms with Gasteiger partial charge in [-0.3, -0.25) is 9.59 Å². The molecule has 136 valence electrons. The number of carbonyl (C=O) groups is 2. The van der Waals surface area contributed by atoms with Crippen LogP contribution >= 0.6 is 11.6 Å². The fraction of sp³-hybridized carbons (Fsp3) is 0.200. The summed E-state index contributed by atoms with van der Waals surface area (Å²) >= 11 is 6.06. The molecule has 0 aliphatic heterocycles. The fourth-order valence-corrected chi connectivity index (χ4v) is 2.39. The molecule has 2 aromatic carbocycles. The summed E-state index contributed by atoms with van der Waals surface area (Å²) in [5.74, 6) is -0.251. The van der Waals surface area contributed by atoms with Crippen molar-refractivity contribution in [1.82, 2.24) is 5.32 Å². The quantitative estimate of drug-likeness (QED) is 0.757. The zero-order valence-corrected chi connectivity index (χ0v) is 15.6. The minimum atomic E-state index is -0.719. The first-order chi connectivity index (χ1) is 12.4. The Morgan fingerprint density at radius 1 is 1.19 bits per heavy atom. The number of aryl methyl sites for hydroxylation is 1. The summed E-state index contributed by atoms with van der Waals surface area (Å²) in [7, 11) is 1.50. The maximum Gasteiger partial charge on any atom is 0.246 e. The number of halogens is 1. The van der Waals surface area contributed by atoms with E-state index in [2.05, 4.69) is 10.6 Å². The second kappa shape index (κ2) is 9.06. The standard InChI is InChI=1S/C20H21ClN2O3/c1-13-11-17(18(26-3)12-16(13)21)23-20(25)14(2)22-19(24)10-9-15-7-5-4-6-8-15/h4-12,14H,1-3H3,(H,22,24)(H,23,25)/b10-9+. The third-order valence-electron chi connectivity index (χ3n) is 3.72. The van der Waals surface area contributed by atoms with Crippen LogP contribution in [0.4, 0.5) is 5.69 Å². The van der Waals surface area contributed by atoms with Gasteiger partial charge in [-0.15, -0.1) is 0 Å². The number of anilines is 1. The van der Waals surface area contributed by atoms with Crippen molar-refractivity contribution in [3.05, 3.63) is 64.7 Å². The van der Waals surface area contributed by atoms with Crippen molar-refractivity contribution in [2.45, 2.75) is 19.9 Å². The van der Waals surface area contributed by atoms with Crippen molar-refractivity contribution in [2.24, 2.45) is 0 Å². The van der Waals surface area contributed by atoms with Crippen LogP contribution in [0.1, 0.15) is 18.1 Å². The fourth-order valence-electron chi connectivity index (χ4n) is 2.23. The average Bonchev–Trinajstić information content (AvgIpc) is 2.63. The summed E-state index contributed by atoms with van der Waals surface area (Å²) in [6.45, 7) is 3.44. The molecule has 1 atom stereocenters. The van der Waals surface area contributed by atoms with Gasteiger partial charge in [-0.1, -0.05) is 41.9 Å². The Hall–Kier alpha value is -2.79. The van der Waals surface area contributed by atoms with Crippen molar-refractivity contribution < 1.29 is 14.3 Å². The molecule has 0 saturated heterocycles. The Morgan fingerprint density at radius 2 is 1.88 bits per heavy atom. The summed E-state index contributed by atoms with van der Waals surface area (Å²) in [6, 6.07) is 12.1. The summed E-state index contributed by atoms with van der Waals surface area (Å²) < 4.78 is 5.23. The highest BCUT2D eigenvalue weighted by atomic mass is 35.5. The number of methoxy groups -OCH3 is 1. The molecule has 0 saturated carbocycles. The smallest absolute Gasteiger partial charge is 0.246 e. The van der Waals surface area contributed by atoms with Gasteiger partial charge >= 0.3 is 0 Å². The minimum absolute atomic E-state index is 0.351. The normalized spacial score (nSPS) is 11.8. The van der Waals surface area contributed by atoms with Crippen molar-refractivity contribution in [2.75, 3.05) is 12.4 Å². The second-order valence-corrected chi connectivity index (χ2v) is 6.17. The molecule has 0 aliphatic carbocycles. The van der Waals surface area contributed by atoms with E-state index in [4.69, 9.17) is 16.3 Å². The molecule has 0 bridgehead atoms. The van der Waals surface area contributed by atoms with E-state index in [-0.39, 0.29) is 11.8 Å². The lowest BCUT2D eigenvalue weighted by Gasteiger charge is -2.16. The van der Waals surface area contributed by atoms with Gasteiger partial charge in [-0.2, -0.15) is 0 Å². The van der Waals surface area contributed by atoms with Crippen LogP contribution in [-0.2, 0) is 9.59 Å². The molecule has 1 unspecified atom stereocenters. The van der Waals surface area contributed by atoms with Gasteiger partial charge in [0, 0.05) is 17.2 Å². The molecule has 2 amide bonds. The number of amides is 2. The molecule has 0 fully saturated rings. The van der Waals surface area contributed by atoms with Gasteiger partial charge in [-0.25, -0.2) is 0 Å². The molecule has 2 aromatic rings. The minimum Gasteiger partial charge on any atom is -0.495 e. The Bertz CT molecular complexity index is 819. The van der Waals surface area contributed by atoms with Crippen LogP contribution in [0.15, 0.2) is 48.5 Å². The summed E-state index contributed by atoms with van der Waals surface area (Å²) in [6.07, 6.45) is 3.08. The molecule has 5 nitrogen and oxygen atoms in total. The van der Waals surface area contributed by atoms with E-state index >= 15 is 0 Å². The molecule has 0 heterocycles. The van der Waals surface area contributed by atoms with Gasteiger partial charge in [0.15, 0.2) is 0 Å². The zero-order valence-electron chi connectivity index (χ0n) is 14.9. The molecular weight excluding hydrogens is 352 g/mol. The topological polar surface area (TPSA) is 67.4 Å². The third kappa shape index (κ3) is 5.36. The Labute approximate surface area is 158 Å². The summed E-state index contributed by atoms with van der Waals surface area (Å²) in [5.41, 5.74) is 2.21. The van der Waals surface area contributed by atoms with E-state index < -0.39 is 6.04 Å². The van der Waals surface area contributed by atoms with Crippen LogP contribution in [0, 0.1) is 6.92 Å². The van der Waals surface area contributed by atoms with Crippen LogP contribution in [0.3, 0.4) is 0 Å². The molecular formula is C20H21ClN2O3. The summed E-state index contributed by atoms with van der Waals surface area (Å²) in [5, 5.41) is 5.92. The Balaban J connectivity index is 1.98. The lowest BCUT2D eigenvalue weighted by molar-refractivity contribution is -0.123. The Kier molecular flexibility index (Phi) is 6.81. The molecule has 0 spiro atoms. The molecule has 0 aromatic heterocycles. The highest BCUT2D eigenvalue weighted by molar-refractivity contribution is 6.31. The predicted molar refractivity (Wildman–Crippen MR) is 104 cm³/mol. The van der Waals surface area contributed by atoms with E-state index in [1.165, 1.54) is 13.2 Å². The number of rotatable bonds is 6. The molecule has 0 radical (unpaired) electrons. The van der Waals surface area contributed by atoms with Crippen molar-refractivity contribution in [3.63, 3.8) is 0 Å². The Morgan fingerprint density at radius 3 is 2.54 bits per heavy atom. The van der Waals surface area contributed by atoms with Crippen molar-refractivity contribution in [1.29, 1.82) is 0 Å².